The Morgan fingerprint density at radius 1 is 1.73 bits per heavy atom. The molecule has 0 radical (unpaired) electrons. The highest BCUT2D eigenvalue weighted by Gasteiger charge is 2.31. The molecule has 1 aromatic rings. The third-order valence-corrected chi connectivity index (χ3v) is 1.41. The average molecular weight is 156 g/mol. The van der Waals surface area contributed by atoms with Crippen LogP contribution in [0.25, 0.3) is 0 Å². The van der Waals surface area contributed by atoms with Crippen LogP contribution in [-0.4, -0.2) is 25.7 Å². The van der Waals surface area contributed by atoms with Crippen LogP contribution < -0.4 is 0 Å². The largest absolute Gasteiger partial charge is 0.478 e. The summed E-state index contributed by atoms with van der Waals surface area (Å²) in [5.41, 5.74) is -1.91. The van der Waals surface area contributed by atoms with Gasteiger partial charge in [-0.25, -0.2) is 9.78 Å². The van der Waals surface area contributed by atoms with Gasteiger partial charge in [-0.05, 0) is 6.92 Å². The predicted molar refractivity (Wildman–Crippen MR) is 35.7 cm³/mol. The molecular weight excluding hydrogens is 148 g/mol. The molecule has 0 aromatic carbocycles. The SMILES string of the molecule is CC(O)(C(=O)O)n1ccnc1. The number of carboxylic acids is 1. The molecule has 0 amide bonds. The van der Waals surface area contributed by atoms with Crippen molar-refractivity contribution in [2.45, 2.75) is 12.6 Å². The highest BCUT2D eigenvalue weighted by molar-refractivity contribution is 5.73. The Kier molecular flexibility index (Phi) is 1.66. The lowest BCUT2D eigenvalue weighted by atomic mass is 10.3. The van der Waals surface area contributed by atoms with E-state index >= 15 is 0 Å². The van der Waals surface area contributed by atoms with Crippen molar-refractivity contribution in [1.82, 2.24) is 9.55 Å². The normalized spacial score (nSPS) is 15.8. The monoisotopic (exact) mass is 156 g/mol. The second kappa shape index (κ2) is 2.35. The number of aromatic nitrogens is 2. The number of carboxylic acid groups (broad SMARTS) is 1. The van der Waals surface area contributed by atoms with E-state index in [0.717, 1.165) is 4.57 Å². The average Bonchev–Trinajstić information content (AvgIpc) is 2.37. The predicted octanol–water partition coefficient (Wildman–Crippen LogP) is -0.367. The molecule has 0 aliphatic rings. The number of hydrogen-bond donors (Lipinski definition) is 2. The van der Waals surface area contributed by atoms with Crippen LogP contribution in [0.3, 0.4) is 0 Å². The van der Waals surface area contributed by atoms with Gasteiger partial charge in [-0.3, -0.25) is 4.57 Å². The Morgan fingerprint density at radius 2 is 2.36 bits per heavy atom. The van der Waals surface area contributed by atoms with Gasteiger partial charge in [-0.15, -0.1) is 0 Å². The third kappa shape index (κ3) is 1.22. The van der Waals surface area contributed by atoms with Crippen LogP contribution in [0.5, 0.6) is 0 Å². The van der Waals surface area contributed by atoms with E-state index in [9.17, 15) is 9.90 Å². The summed E-state index contributed by atoms with van der Waals surface area (Å²) in [4.78, 5) is 14.0. The molecule has 0 aliphatic carbocycles. The van der Waals surface area contributed by atoms with E-state index in [1.165, 1.54) is 25.6 Å². The molecule has 5 nitrogen and oxygen atoms in total. The summed E-state index contributed by atoms with van der Waals surface area (Å²) in [5, 5.41) is 17.8. The first-order chi connectivity index (χ1) is 5.05. The zero-order valence-electron chi connectivity index (χ0n) is 5.93. The van der Waals surface area contributed by atoms with Gasteiger partial charge in [0.1, 0.15) is 0 Å². The van der Waals surface area contributed by atoms with Crippen molar-refractivity contribution in [3.63, 3.8) is 0 Å². The van der Waals surface area contributed by atoms with Crippen molar-refractivity contribution in [2.75, 3.05) is 0 Å². The topological polar surface area (TPSA) is 75.3 Å². The van der Waals surface area contributed by atoms with Gasteiger partial charge < -0.3 is 10.2 Å². The van der Waals surface area contributed by atoms with Crippen molar-refractivity contribution >= 4 is 5.97 Å². The molecule has 60 valence electrons. The fourth-order valence-corrected chi connectivity index (χ4v) is 0.627. The van der Waals surface area contributed by atoms with E-state index in [0.29, 0.717) is 0 Å². The first-order valence-corrected chi connectivity index (χ1v) is 2.99. The number of carbonyl (C=O) groups is 1. The highest BCUT2D eigenvalue weighted by Crippen LogP contribution is 2.10. The molecule has 0 bridgehead atoms. The molecule has 2 N–H and O–H groups in total. The fourth-order valence-electron chi connectivity index (χ4n) is 0.627. The van der Waals surface area contributed by atoms with E-state index < -0.39 is 11.7 Å². The van der Waals surface area contributed by atoms with Crippen LogP contribution in [0.15, 0.2) is 18.7 Å². The summed E-state index contributed by atoms with van der Waals surface area (Å²) in [5.74, 6) is -1.31. The maximum Gasteiger partial charge on any atom is 0.357 e. The lowest BCUT2D eigenvalue weighted by molar-refractivity contribution is -0.167. The Labute approximate surface area is 62.9 Å². The van der Waals surface area contributed by atoms with Crippen LogP contribution in [0, 0.1) is 0 Å². The second-order valence-corrected chi connectivity index (χ2v) is 2.30. The number of hydrogen-bond acceptors (Lipinski definition) is 3. The fraction of sp³-hybridized carbons (Fsp3) is 0.333. The molecule has 1 atom stereocenters. The van der Waals surface area contributed by atoms with E-state index in [1.807, 2.05) is 0 Å². The zero-order chi connectivity index (χ0) is 8.48. The summed E-state index contributed by atoms with van der Waals surface area (Å²) in [7, 11) is 0. The first-order valence-electron chi connectivity index (χ1n) is 2.99. The molecule has 0 spiro atoms. The molecule has 1 rings (SSSR count). The van der Waals surface area contributed by atoms with Gasteiger partial charge in [-0.1, -0.05) is 0 Å². The van der Waals surface area contributed by atoms with E-state index in [-0.39, 0.29) is 0 Å². The number of imidazole rings is 1. The summed E-state index contributed by atoms with van der Waals surface area (Å²) in [6.07, 6.45) is 4.03. The van der Waals surface area contributed by atoms with Crippen molar-refractivity contribution in [2.24, 2.45) is 0 Å². The van der Waals surface area contributed by atoms with Gasteiger partial charge in [0.2, 0.25) is 5.72 Å². The lowest BCUT2D eigenvalue weighted by Gasteiger charge is -2.18. The van der Waals surface area contributed by atoms with Gasteiger partial charge in [0.05, 0.1) is 6.33 Å². The van der Waals surface area contributed by atoms with Gasteiger partial charge in [0.25, 0.3) is 0 Å². The minimum absolute atomic E-state index is 1.11. The van der Waals surface area contributed by atoms with Crippen LogP contribution in [0.2, 0.25) is 0 Å². The molecule has 0 aliphatic heterocycles. The lowest BCUT2D eigenvalue weighted by Crippen LogP contribution is -2.37. The number of aliphatic hydroxyl groups is 1. The summed E-state index contributed by atoms with van der Waals surface area (Å²) in [6, 6.07) is 0. The number of rotatable bonds is 2. The van der Waals surface area contributed by atoms with E-state index in [4.69, 9.17) is 5.11 Å². The molecule has 0 saturated carbocycles. The van der Waals surface area contributed by atoms with Crippen molar-refractivity contribution in [3.8, 4) is 0 Å². The van der Waals surface area contributed by atoms with Crippen LogP contribution >= 0.6 is 0 Å². The van der Waals surface area contributed by atoms with Crippen LogP contribution in [0.4, 0.5) is 0 Å². The van der Waals surface area contributed by atoms with Crippen LogP contribution in [-0.2, 0) is 10.5 Å². The summed E-state index contributed by atoms with van der Waals surface area (Å²) in [6.45, 7) is 1.18. The van der Waals surface area contributed by atoms with Crippen molar-refractivity contribution in [3.05, 3.63) is 18.7 Å². The van der Waals surface area contributed by atoms with Gasteiger partial charge in [0.15, 0.2) is 0 Å². The first kappa shape index (κ1) is 7.74. The molecular formula is C6H8N2O3. The minimum atomic E-state index is -1.91. The zero-order valence-corrected chi connectivity index (χ0v) is 5.93. The maximum absolute atomic E-state index is 10.4. The standard InChI is InChI=1S/C6H8N2O3/c1-6(11,5(9)10)8-3-2-7-4-8/h2-4,11H,1H3,(H,9,10). The maximum atomic E-state index is 10.4. The van der Waals surface area contributed by atoms with Gasteiger partial charge in [0, 0.05) is 12.4 Å². The molecule has 1 aromatic heterocycles. The molecule has 1 unspecified atom stereocenters. The molecule has 1 heterocycles. The van der Waals surface area contributed by atoms with Gasteiger partial charge in [-0.2, -0.15) is 0 Å². The molecule has 0 saturated heterocycles. The Bertz CT molecular complexity index is 253. The third-order valence-electron chi connectivity index (χ3n) is 1.41. The summed E-state index contributed by atoms with van der Waals surface area (Å²) >= 11 is 0. The van der Waals surface area contributed by atoms with Crippen molar-refractivity contribution < 1.29 is 15.0 Å². The Morgan fingerprint density at radius 3 is 2.73 bits per heavy atom. The van der Waals surface area contributed by atoms with E-state index in [1.54, 1.807) is 0 Å². The quantitative estimate of drug-likeness (QED) is 0.612. The Balaban J connectivity index is 3.00. The van der Waals surface area contributed by atoms with Gasteiger partial charge >= 0.3 is 5.97 Å². The van der Waals surface area contributed by atoms with E-state index in [2.05, 4.69) is 4.98 Å². The highest BCUT2D eigenvalue weighted by atomic mass is 16.4. The number of nitrogens with zero attached hydrogens (tertiary/aromatic N) is 2. The molecule has 11 heavy (non-hydrogen) atoms. The smallest absolute Gasteiger partial charge is 0.357 e. The minimum Gasteiger partial charge on any atom is -0.478 e. The molecule has 0 fully saturated rings. The Hall–Kier alpha value is -1.36. The summed E-state index contributed by atoms with van der Waals surface area (Å²) < 4.78 is 1.11. The molecule has 5 heteroatoms. The second-order valence-electron chi connectivity index (χ2n) is 2.30. The number of aliphatic carboxylic acids is 1. The van der Waals surface area contributed by atoms with Crippen LogP contribution in [0.1, 0.15) is 6.92 Å². The van der Waals surface area contributed by atoms with Crippen molar-refractivity contribution in [1.29, 1.82) is 0 Å².